The van der Waals surface area contributed by atoms with E-state index in [1.54, 1.807) is 0 Å². The van der Waals surface area contributed by atoms with Crippen LogP contribution in [-0.4, -0.2) is 28.3 Å². The molecule has 2 aliphatic rings. The van der Waals surface area contributed by atoms with Gasteiger partial charge in [0, 0.05) is 34.9 Å². The number of nitrogens with one attached hydrogen (secondary N) is 1. The van der Waals surface area contributed by atoms with Crippen LogP contribution in [0.15, 0.2) is 0 Å². The van der Waals surface area contributed by atoms with Gasteiger partial charge in [-0.3, -0.25) is 4.21 Å². The quantitative estimate of drug-likeness (QED) is 0.792. The highest BCUT2D eigenvalue weighted by Gasteiger charge is 2.36. The van der Waals surface area contributed by atoms with E-state index in [1.807, 2.05) is 6.26 Å². The Bertz CT molecular complexity index is 259. The van der Waals surface area contributed by atoms with Crippen molar-refractivity contribution in [1.29, 1.82) is 0 Å². The summed E-state index contributed by atoms with van der Waals surface area (Å²) in [6.07, 6.45) is 11.8. The third-order valence-electron chi connectivity index (χ3n) is 4.50. The molecule has 2 aliphatic carbocycles. The van der Waals surface area contributed by atoms with Gasteiger partial charge in [0.15, 0.2) is 0 Å². The molecule has 2 nitrogen and oxygen atoms in total. The smallest absolute Gasteiger partial charge is 0.0441 e. The van der Waals surface area contributed by atoms with Gasteiger partial charge in [-0.2, -0.15) is 0 Å². The van der Waals surface area contributed by atoms with Crippen molar-refractivity contribution in [1.82, 2.24) is 5.32 Å². The van der Waals surface area contributed by atoms with Crippen molar-refractivity contribution in [3.05, 3.63) is 0 Å². The molecule has 0 unspecified atom stereocenters. The van der Waals surface area contributed by atoms with Gasteiger partial charge in [0.05, 0.1) is 0 Å². The Labute approximate surface area is 108 Å². The van der Waals surface area contributed by atoms with E-state index in [4.69, 9.17) is 0 Å². The molecule has 0 saturated heterocycles. The summed E-state index contributed by atoms with van der Waals surface area (Å²) in [5.41, 5.74) is 0. The Hall–Kier alpha value is 0.110. The molecule has 0 aromatic rings. The summed E-state index contributed by atoms with van der Waals surface area (Å²) in [5.74, 6) is 1.82. The highest BCUT2D eigenvalue weighted by atomic mass is 32.2. The van der Waals surface area contributed by atoms with Crippen LogP contribution >= 0.6 is 0 Å². The lowest BCUT2D eigenvalue weighted by molar-refractivity contribution is 0.248. The van der Waals surface area contributed by atoms with Gasteiger partial charge in [0.25, 0.3) is 0 Å². The first-order chi connectivity index (χ1) is 8.18. The molecule has 0 heterocycles. The van der Waals surface area contributed by atoms with Gasteiger partial charge < -0.3 is 5.32 Å². The van der Waals surface area contributed by atoms with Gasteiger partial charge in [-0.25, -0.2) is 0 Å². The van der Waals surface area contributed by atoms with Crippen molar-refractivity contribution in [3.63, 3.8) is 0 Å². The maximum absolute atomic E-state index is 11.4. The zero-order chi connectivity index (χ0) is 12.3. The standard InChI is InChI=1S/C14H27NOS/c1-11(17(2)16)10-15-14(13-8-9-13)12-6-4-3-5-7-12/h11-15H,3-10H2,1-2H3/t11-,14-,17+/m1/s1. The summed E-state index contributed by atoms with van der Waals surface area (Å²) in [4.78, 5) is 0. The van der Waals surface area contributed by atoms with Crippen LogP contribution in [0.5, 0.6) is 0 Å². The highest BCUT2D eigenvalue weighted by Crippen LogP contribution is 2.40. The van der Waals surface area contributed by atoms with Gasteiger partial charge in [-0.1, -0.05) is 19.3 Å². The molecule has 1 N–H and O–H groups in total. The van der Waals surface area contributed by atoms with E-state index in [0.717, 1.165) is 24.4 Å². The molecule has 2 rings (SSSR count). The second-order valence-electron chi connectivity index (χ2n) is 5.98. The Morgan fingerprint density at radius 3 is 2.24 bits per heavy atom. The Kier molecular flexibility index (Phi) is 5.04. The molecule has 0 aromatic carbocycles. The highest BCUT2D eigenvalue weighted by molar-refractivity contribution is 7.84. The van der Waals surface area contributed by atoms with Crippen LogP contribution in [0.25, 0.3) is 0 Å². The Balaban J connectivity index is 1.82. The normalized spacial score (nSPS) is 27.6. The zero-order valence-corrected chi connectivity index (χ0v) is 12.1. The molecule has 0 spiro atoms. The van der Waals surface area contributed by atoms with Crippen LogP contribution in [-0.2, 0) is 10.8 Å². The molecule has 100 valence electrons. The molecule has 2 fully saturated rings. The lowest BCUT2D eigenvalue weighted by Gasteiger charge is -2.32. The molecule has 0 aliphatic heterocycles. The fourth-order valence-electron chi connectivity index (χ4n) is 3.09. The predicted octanol–water partition coefficient (Wildman–Crippen LogP) is 2.70. The lowest BCUT2D eigenvalue weighted by atomic mass is 9.82. The van der Waals surface area contributed by atoms with Crippen molar-refractivity contribution in [3.8, 4) is 0 Å². The monoisotopic (exact) mass is 257 g/mol. The van der Waals surface area contributed by atoms with Gasteiger partial charge in [0.1, 0.15) is 0 Å². The molecule has 3 heteroatoms. The molecule has 0 amide bonds. The van der Waals surface area contributed by atoms with Gasteiger partial charge in [0.2, 0.25) is 0 Å². The van der Waals surface area contributed by atoms with Crippen LogP contribution in [0.2, 0.25) is 0 Å². The predicted molar refractivity (Wildman–Crippen MR) is 74.6 cm³/mol. The third-order valence-corrected chi connectivity index (χ3v) is 5.80. The molecule has 3 atom stereocenters. The van der Waals surface area contributed by atoms with E-state index in [9.17, 15) is 4.21 Å². The first kappa shape index (κ1) is 13.5. The fraction of sp³-hybridized carbons (Fsp3) is 1.00. The van der Waals surface area contributed by atoms with Crippen LogP contribution < -0.4 is 5.32 Å². The first-order valence-electron chi connectivity index (χ1n) is 7.24. The van der Waals surface area contributed by atoms with Crippen LogP contribution in [0, 0.1) is 11.8 Å². The second kappa shape index (κ2) is 6.33. The summed E-state index contributed by atoms with van der Waals surface area (Å²) >= 11 is 0. The van der Waals surface area contributed by atoms with E-state index in [-0.39, 0.29) is 0 Å². The van der Waals surface area contributed by atoms with Crippen molar-refractivity contribution >= 4 is 10.8 Å². The molecule has 17 heavy (non-hydrogen) atoms. The number of hydrogen-bond donors (Lipinski definition) is 1. The van der Waals surface area contributed by atoms with Gasteiger partial charge in [-0.05, 0) is 44.4 Å². The molecular weight excluding hydrogens is 230 g/mol. The molecular formula is C14H27NOS. The van der Waals surface area contributed by atoms with Crippen molar-refractivity contribution in [2.45, 2.75) is 63.2 Å². The van der Waals surface area contributed by atoms with E-state index in [1.165, 1.54) is 44.9 Å². The van der Waals surface area contributed by atoms with E-state index in [0.29, 0.717) is 5.25 Å². The fourth-order valence-corrected chi connectivity index (χ4v) is 3.42. The Morgan fingerprint density at radius 2 is 1.71 bits per heavy atom. The molecule has 0 radical (unpaired) electrons. The summed E-state index contributed by atoms with van der Waals surface area (Å²) < 4.78 is 11.4. The maximum Gasteiger partial charge on any atom is 0.0441 e. The maximum atomic E-state index is 11.4. The first-order valence-corrected chi connectivity index (χ1v) is 8.86. The topological polar surface area (TPSA) is 29.1 Å². The van der Waals surface area contributed by atoms with Crippen molar-refractivity contribution < 1.29 is 4.21 Å². The SMILES string of the molecule is C[C@H](CN[C@H](C1CCCCC1)C1CC1)[S@](C)=O. The number of hydrogen-bond acceptors (Lipinski definition) is 2. The number of rotatable bonds is 6. The second-order valence-corrected chi connectivity index (χ2v) is 7.78. The van der Waals surface area contributed by atoms with E-state index >= 15 is 0 Å². The van der Waals surface area contributed by atoms with E-state index < -0.39 is 10.8 Å². The summed E-state index contributed by atoms with van der Waals surface area (Å²) in [5, 5.41) is 4.03. The third kappa shape index (κ3) is 4.06. The van der Waals surface area contributed by atoms with Crippen molar-refractivity contribution in [2.24, 2.45) is 11.8 Å². The summed E-state index contributed by atoms with van der Waals surface area (Å²) in [6.45, 7) is 3.02. The van der Waals surface area contributed by atoms with E-state index in [2.05, 4.69) is 12.2 Å². The molecule has 0 aromatic heterocycles. The minimum atomic E-state index is -0.687. The largest absolute Gasteiger partial charge is 0.312 e. The zero-order valence-electron chi connectivity index (χ0n) is 11.3. The van der Waals surface area contributed by atoms with Crippen LogP contribution in [0.1, 0.15) is 51.9 Å². The minimum absolute atomic E-state index is 0.292. The molecule has 2 saturated carbocycles. The Morgan fingerprint density at radius 1 is 1.12 bits per heavy atom. The average Bonchev–Trinajstić information content (AvgIpc) is 3.15. The van der Waals surface area contributed by atoms with Crippen LogP contribution in [0.4, 0.5) is 0 Å². The van der Waals surface area contributed by atoms with Crippen molar-refractivity contribution in [2.75, 3.05) is 12.8 Å². The van der Waals surface area contributed by atoms with Crippen LogP contribution in [0.3, 0.4) is 0 Å². The average molecular weight is 257 g/mol. The summed E-state index contributed by atoms with van der Waals surface area (Å²) in [7, 11) is -0.687. The molecule has 0 bridgehead atoms. The van der Waals surface area contributed by atoms with Gasteiger partial charge in [-0.15, -0.1) is 0 Å². The minimum Gasteiger partial charge on any atom is -0.312 e. The summed E-state index contributed by atoms with van der Waals surface area (Å²) in [6, 6.07) is 0.723. The van der Waals surface area contributed by atoms with Gasteiger partial charge >= 0.3 is 0 Å². The lowest BCUT2D eigenvalue weighted by Crippen LogP contribution is -2.42.